The summed E-state index contributed by atoms with van der Waals surface area (Å²) < 4.78 is 0. The highest BCUT2D eigenvalue weighted by Crippen LogP contribution is 2.37. The molecule has 0 aromatic heterocycles. The van der Waals surface area contributed by atoms with Gasteiger partial charge in [-0.3, -0.25) is 0 Å². The molecule has 1 nitrogen and oxygen atoms in total. The van der Waals surface area contributed by atoms with Crippen LogP contribution in [0, 0.1) is 0 Å². The summed E-state index contributed by atoms with van der Waals surface area (Å²) in [4.78, 5) is 2.36. The van der Waals surface area contributed by atoms with Gasteiger partial charge in [0.05, 0.1) is 0 Å². The quantitative estimate of drug-likeness (QED) is 0.785. The summed E-state index contributed by atoms with van der Waals surface area (Å²) in [7, 11) is 2.18. The molecule has 0 saturated heterocycles. The van der Waals surface area contributed by atoms with Gasteiger partial charge >= 0.3 is 0 Å². The Morgan fingerprint density at radius 3 is 2.37 bits per heavy atom. The summed E-state index contributed by atoms with van der Waals surface area (Å²) in [6.07, 6.45) is 2.32. The molecule has 0 heterocycles. The van der Waals surface area contributed by atoms with Crippen LogP contribution in [0.3, 0.4) is 0 Å². The second-order valence-electron chi connectivity index (χ2n) is 5.26. The minimum Gasteiger partial charge on any atom is -0.373 e. The smallest absolute Gasteiger partial charge is 0.0423 e. The molecule has 1 unspecified atom stereocenters. The molecule has 3 rings (SSSR count). The molecule has 96 valence electrons. The van der Waals surface area contributed by atoms with E-state index in [1.165, 1.54) is 22.4 Å². The van der Waals surface area contributed by atoms with Crippen LogP contribution in [0.4, 0.5) is 0 Å². The van der Waals surface area contributed by atoms with Crippen molar-refractivity contribution in [2.24, 2.45) is 0 Å². The van der Waals surface area contributed by atoms with Crippen molar-refractivity contribution in [2.75, 3.05) is 7.05 Å². The first kappa shape index (κ1) is 12.0. The monoisotopic (exact) mass is 249 g/mol. The minimum absolute atomic E-state index is 0.491. The molecule has 0 bridgehead atoms. The first-order valence-corrected chi connectivity index (χ1v) is 6.81. The van der Waals surface area contributed by atoms with E-state index in [2.05, 4.69) is 79.5 Å². The topological polar surface area (TPSA) is 3.24 Å². The molecule has 0 radical (unpaired) electrons. The van der Waals surface area contributed by atoms with Crippen LogP contribution in [0.5, 0.6) is 0 Å². The maximum absolute atomic E-state index is 2.36. The molecule has 0 saturated carbocycles. The van der Waals surface area contributed by atoms with E-state index in [9.17, 15) is 0 Å². The third-order valence-electron chi connectivity index (χ3n) is 3.91. The highest BCUT2D eigenvalue weighted by atomic mass is 15.1. The van der Waals surface area contributed by atoms with Gasteiger partial charge < -0.3 is 4.90 Å². The van der Waals surface area contributed by atoms with E-state index < -0.39 is 0 Å². The average Bonchev–Trinajstić information content (AvgIpc) is 2.78. The predicted octanol–water partition coefficient (Wildman–Crippen LogP) is 4.28. The van der Waals surface area contributed by atoms with Crippen LogP contribution in [0.1, 0.15) is 29.5 Å². The summed E-state index contributed by atoms with van der Waals surface area (Å²) in [6.45, 7) is 3.25. The van der Waals surface area contributed by atoms with Gasteiger partial charge in [-0.15, -0.1) is 0 Å². The van der Waals surface area contributed by atoms with Crippen LogP contribution in [0.15, 0.2) is 60.3 Å². The zero-order valence-corrected chi connectivity index (χ0v) is 11.5. The van der Waals surface area contributed by atoms with Crippen molar-refractivity contribution < 1.29 is 0 Å². The molecule has 0 spiro atoms. The predicted molar refractivity (Wildman–Crippen MR) is 80.7 cm³/mol. The lowest BCUT2D eigenvalue weighted by Crippen LogP contribution is -2.19. The van der Waals surface area contributed by atoms with Crippen molar-refractivity contribution in [2.45, 2.75) is 19.4 Å². The SMILES string of the molecule is CC1C(N(C)Cc2ccccc2)=Cc2ccccc21. The van der Waals surface area contributed by atoms with E-state index in [4.69, 9.17) is 0 Å². The van der Waals surface area contributed by atoms with Crippen molar-refractivity contribution >= 4 is 6.08 Å². The fourth-order valence-corrected chi connectivity index (χ4v) is 2.87. The average molecular weight is 249 g/mol. The van der Waals surface area contributed by atoms with Crippen LogP contribution in [-0.4, -0.2) is 11.9 Å². The van der Waals surface area contributed by atoms with Crippen molar-refractivity contribution in [3.63, 3.8) is 0 Å². The second-order valence-corrected chi connectivity index (χ2v) is 5.26. The highest BCUT2D eigenvalue weighted by Gasteiger charge is 2.23. The van der Waals surface area contributed by atoms with Gasteiger partial charge in [-0.25, -0.2) is 0 Å². The summed E-state index contributed by atoms with van der Waals surface area (Å²) in [5.74, 6) is 0.491. The Balaban J connectivity index is 1.81. The number of fused-ring (bicyclic) bond motifs is 1. The lowest BCUT2D eigenvalue weighted by molar-refractivity contribution is 0.392. The van der Waals surface area contributed by atoms with Gasteiger partial charge in [0.1, 0.15) is 0 Å². The van der Waals surface area contributed by atoms with Crippen molar-refractivity contribution in [3.8, 4) is 0 Å². The fourth-order valence-electron chi connectivity index (χ4n) is 2.87. The Morgan fingerprint density at radius 2 is 1.63 bits per heavy atom. The molecule has 19 heavy (non-hydrogen) atoms. The zero-order chi connectivity index (χ0) is 13.2. The van der Waals surface area contributed by atoms with Crippen LogP contribution >= 0.6 is 0 Å². The third-order valence-corrected chi connectivity index (χ3v) is 3.91. The third kappa shape index (κ3) is 2.28. The largest absolute Gasteiger partial charge is 0.373 e. The molecule has 1 aliphatic carbocycles. The molecule has 0 amide bonds. The number of allylic oxidation sites excluding steroid dienone is 1. The lowest BCUT2D eigenvalue weighted by atomic mass is 10.0. The van der Waals surface area contributed by atoms with Crippen LogP contribution < -0.4 is 0 Å². The fraction of sp³-hybridized carbons (Fsp3) is 0.222. The normalized spacial score (nSPS) is 16.9. The number of benzene rings is 2. The van der Waals surface area contributed by atoms with Gasteiger partial charge in [-0.2, -0.15) is 0 Å². The summed E-state index contributed by atoms with van der Waals surface area (Å²) >= 11 is 0. The van der Waals surface area contributed by atoms with E-state index in [0.29, 0.717) is 5.92 Å². The standard InChI is InChI=1S/C18H19N/c1-14-17-11-7-6-10-16(17)12-18(14)19(2)13-15-8-4-3-5-9-15/h3-12,14H,13H2,1-2H3. The molecule has 2 aromatic carbocycles. The molecule has 0 aliphatic heterocycles. The van der Waals surface area contributed by atoms with Crippen LogP contribution in [0.25, 0.3) is 6.08 Å². The molecule has 1 atom stereocenters. The highest BCUT2D eigenvalue weighted by molar-refractivity contribution is 5.65. The van der Waals surface area contributed by atoms with Gasteiger partial charge in [0.25, 0.3) is 0 Å². The minimum atomic E-state index is 0.491. The van der Waals surface area contributed by atoms with Crippen molar-refractivity contribution in [3.05, 3.63) is 77.0 Å². The van der Waals surface area contributed by atoms with Gasteiger partial charge in [0.2, 0.25) is 0 Å². The van der Waals surface area contributed by atoms with E-state index in [-0.39, 0.29) is 0 Å². The van der Waals surface area contributed by atoms with E-state index in [1.54, 1.807) is 0 Å². The maximum Gasteiger partial charge on any atom is 0.0423 e. The molecule has 0 N–H and O–H groups in total. The number of hydrogen-bond donors (Lipinski definition) is 0. The van der Waals surface area contributed by atoms with Gasteiger partial charge in [-0.1, -0.05) is 61.5 Å². The van der Waals surface area contributed by atoms with E-state index >= 15 is 0 Å². The molecular weight excluding hydrogens is 230 g/mol. The maximum atomic E-state index is 2.36. The molecular formula is C18H19N. The van der Waals surface area contributed by atoms with Crippen LogP contribution in [0.2, 0.25) is 0 Å². The number of rotatable bonds is 3. The van der Waals surface area contributed by atoms with Crippen molar-refractivity contribution in [1.29, 1.82) is 0 Å². The molecule has 1 aliphatic rings. The number of likely N-dealkylation sites (N-methyl/N-ethyl adjacent to an activating group) is 1. The lowest BCUT2D eigenvalue weighted by Gasteiger charge is -2.24. The summed E-state index contributed by atoms with van der Waals surface area (Å²) in [5.41, 5.74) is 5.57. The van der Waals surface area contributed by atoms with E-state index in [1.807, 2.05) is 0 Å². The summed E-state index contributed by atoms with van der Waals surface area (Å²) in [5, 5.41) is 0. The first-order chi connectivity index (χ1) is 9.25. The Morgan fingerprint density at radius 1 is 0.947 bits per heavy atom. The zero-order valence-electron chi connectivity index (χ0n) is 11.5. The van der Waals surface area contributed by atoms with Gasteiger partial charge in [0, 0.05) is 25.2 Å². The Hall–Kier alpha value is -2.02. The molecule has 1 heteroatoms. The van der Waals surface area contributed by atoms with Crippen LogP contribution in [-0.2, 0) is 6.54 Å². The summed E-state index contributed by atoms with van der Waals surface area (Å²) in [6, 6.07) is 19.3. The Labute approximate surface area is 115 Å². The number of nitrogens with zero attached hydrogens (tertiary/aromatic N) is 1. The number of hydrogen-bond acceptors (Lipinski definition) is 1. The Kier molecular flexibility index (Phi) is 3.12. The van der Waals surface area contributed by atoms with Crippen molar-refractivity contribution in [1.82, 2.24) is 4.90 Å². The molecule has 2 aromatic rings. The van der Waals surface area contributed by atoms with Gasteiger partial charge in [-0.05, 0) is 22.8 Å². The second kappa shape index (κ2) is 4.93. The van der Waals surface area contributed by atoms with E-state index in [0.717, 1.165) is 6.54 Å². The molecule has 0 fully saturated rings. The first-order valence-electron chi connectivity index (χ1n) is 6.81. The Bertz CT molecular complexity index is 598. The van der Waals surface area contributed by atoms with Gasteiger partial charge in [0.15, 0.2) is 0 Å².